The first-order valence-corrected chi connectivity index (χ1v) is 5.54. The van der Waals surface area contributed by atoms with Crippen LogP contribution in [0.25, 0.3) is 0 Å². The fourth-order valence-electron chi connectivity index (χ4n) is 2.04. The van der Waals surface area contributed by atoms with E-state index in [1.807, 2.05) is 0 Å². The van der Waals surface area contributed by atoms with Crippen molar-refractivity contribution in [3.63, 3.8) is 0 Å². The van der Waals surface area contributed by atoms with Crippen LogP contribution in [0.2, 0.25) is 0 Å². The molecular weight excluding hydrogens is 144 g/mol. The van der Waals surface area contributed by atoms with Gasteiger partial charge in [-0.1, -0.05) is 38.3 Å². The fraction of sp³-hybridized carbons (Fsp3) is 0.833. The molecule has 0 fully saturated rings. The minimum absolute atomic E-state index is 1.00. The zero-order chi connectivity index (χ0) is 8.81. The van der Waals surface area contributed by atoms with Crippen molar-refractivity contribution < 1.29 is 0 Å². The summed E-state index contributed by atoms with van der Waals surface area (Å²) < 4.78 is 0. The first kappa shape index (κ1) is 9.83. The van der Waals surface area contributed by atoms with Crippen molar-refractivity contribution in [3.8, 4) is 0 Å². The Labute approximate surface area is 77.1 Å². The highest BCUT2D eigenvalue weighted by molar-refractivity contribution is 5.06. The fourth-order valence-corrected chi connectivity index (χ4v) is 2.04. The smallest absolute Gasteiger partial charge is 0.0292 e. The highest BCUT2D eigenvalue weighted by atomic mass is 14.2. The third-order valence-corrected chi connectivity index (χ3v) is 2.99. The molecule has 1 unspecified atom stereocenters. The largest absolute Gasteiger partial charge is 0.0853 e. The Morgan fingerprint density at radius 3 is 2.92 bits per heavy atom. The Morgan fingerprint density at radius 1 is 1.42 bits per heavy atom. The highest BCUT2D eigenvalue weighted by Crippen LogP contribution is 2.28. The van der Waals surface area contributed by atoms with E-state index in [1.54, 1.807) is 5.57 Å². The summed E-state index contributed by atoms with van der Waals surface area (Å²) in [5, 5.41) is 0. The first-order chi connectivity index (χ1) is 5.86. The van der Waals surface area contributed by atoms with Gasteiger partial charge in [0.1, 0.15) is 0 Å². The van der Waals surface area contributed by atoms with Gasteiger partial charge in [-0.05, 0) is 38.0 Å². The van der Waals surface area contributed by atoms with Crippen molar-refractivity contribution in [2.75, 3.05) is 0 Å². The van der Waals surface area contributed by atoms with Gasteiger partial charge >= 0.3 is 0 Å². The Balaban J connectivity index is 2.28. The summed E-state index contributed by atoms with van der Waals surface area (Å²) in [4.78, 5) is 0. The van der Waals surface area contributed by atoms with Crippen molar-refractivity contribution >= 4 is 0 Å². The van der Waals surface area contributed by atoms with Gasteiger partial charge in [-0.3, -0.25) is 0 Å². The molecule has 0 N–H and O–H groups in total. The van der Waals surface area contributed by atoms with Crippen LogP contribution in [0.3, 0.4) is 0 Å². The maximum Gasteiger partial charge on any atom is -0.0292 e. The lowest BCUT2D eigenvalue weighted by molar-refractivity contribution is 0.442. The molecule has 1 aliphatic rings. The lowest BCUT2D eigenvalue weighted by Gasteiger charge is -2.21. The molecule has 1 aliphatic carbocycles. The molecule has 0 nitrogen and oxygen atoms in total. The minimum Gasteiger partial charge on any atom is -0.0853 e. The van der Waals surface area contributed by atoms with Crippen LogP contribution in [-0.2, 0) is 0 Å². The Kier molecular flexibility index (Phi) is 4.42. The molecule has 0 heteroatoms. The van der Waals surface area contributed by atoms with E-state index in [4.69, 9.17) is 0 Å². The molecule has 0 aromatic heterocycles. The normalized spacial score (nSPS) is 23.8. The van der Waals surface area contributed by atoms with Gasteiger partial charge in [-0.25, -0.2) is 0 Å². The topological polar surface area (TPSA) is 0 Å². The van der Waals surface area contributed by atoms with Gasteiger partial charge in [0.05, 0.1) is 0 Å². The van der Waals surface area contributed by atoms with Crippen molar-refractivity contribution in [2.24, 2.45) is 5.92 Å². The predicted molar refractivity (Wildman–Crippen MR) is 55.2 cm³/mol. The zero-order valence-corrected chi connectivity index (χ0v) is 8.60. The summed E-state index contributed by atoms with van der Waals surface area (Å²) in [7, 11) is 0. The summed E-state index contributed by atoms with van der Waals surface area (Å²) in [6, 6.07) is 0. The summed E-state index contributed by atoms with van der Waals surface area (Å²) >= 11 is 0. The molecule has 0 aliphatic heterocycles. The van der Waals surface area contributed by atoms with E-state index in [2.05, 4.69) is 19.9 Å². The van der Waals surface area contributed by atoms with Crippen molar-refractivity contribution in [2.45, 2.75) is 58.8 Å². The van der Waals surface area contributed by atoms with Crippen molar-refractivity contribution in [3.05, 3.63) is 11.6 Å². The molecule has 1 rings (SSSR count). The molecule has 0 spiro atoms. The number of rotatable bonds is 4. The second-order valence-corrected chi connectivity index (χ2v) is 4.02. The SMILES string of the molecule is CCCCC1=CCCC(CC)C1. The van der Waals surface area contributed by atoms with E-state index in [-0.39, 0.29) is 0 Å². The zero-order valence-electron chi connectivity index (χ0n) is 8.60. The van der Waals surface area contributed by atoms with E-state index in [0.717, 1.165) is 5.92 Å². The molecule has 1 atom stereocenters. The van der Waals surface area contributed by atoms with E-state index < -0.39 is 0 Å². The Morgan fingerprint density at radius 2 is 2.25 bits per heavy atom. The maximum absolute atomic E-state index is 2.49. The van der Waals surface area contributed by atoms with Gasteiger partial charge in [0.25, 0.3) is 0 Å². The van der Waals surface area contributed by atoms with E-state index in [1.165, 1.54) is 44.9 Å². The van der Waals surface area contributed by atoms with Gasteiger partial charge in [-0.2, -0.15) is 0 Å². The predicted octanol–water partition coefficient (Wildman–Crippen LogP) is 4.31. The summed E-state index contributed by atoms with van der Waals surface area (Å²) in [6.07, 6.45) is 12.1. The maximum atomic E-state index is 2.49. The molecule has 0 heterocycles. The average molecular weight is 166 g/mol. The van der Waals surface area contributed by atoms with Crippen LogP contribution >= 0.6 is 0 Å². The van der Waals surface area contributed by atoms with Gasteiger partial charge in [-0.15, -0.1) is 0 Å². The summed E-state index contributed by atoms with van der Waals surface area (Å²) in [6.45, 7) is 4.61. The monoisotopic (exact) mass is 166 g/mol. The molecule has 70 valence electrons. The number of hydrogen-bond donors (Lipinski definition) is 0. The molecule has 0 bridgehead atoms. The number of allylic oxidation sites excluding steroid dienone is 2. The van der Waals surface area contributed by atoms with Crippen LogP contribution in [0.4, 0.5) is 0 Å². The van der Waals surface area contributed by atoms with Crippen molar-refractivity contribution in [1.29, 1.82) is 0 Å². The van der Waals surface area contributed by atoms with Crippen LogP contribution < -0.4 is 0 Å². The first-order valence-electron chi connectivity index (χ1n) is 5.54. The Bertz CT molecular complexity index is 144. The van der Waals surface area contributed by atoms with Gasteiger partial charge in [0.2, 0.25) is 0 Å². The molecule has 0 saturated carbocycles. The quantitative estimate of drug-likeness (QED) is 0.546. The molecule has 0 radical (unpaired) electrons. The second kappa shape index (κ2) is 5.40. The third kappa shape index (κ3) is 3.00. The molecular formula is C12H22. The van der Waals surface area contributed by atoms with Crippen LogP contribution in [0.15, 0.2) is 11.6 Å². The van der Waals surface area contributed by atoms with Crippen LogP contribution in [0.5, 0.6) is 0 Å². The second-order valence-electron chi connectivity index (χ2n) is 4.02. The average Bonchev–Trinajstić information content (AvgIpc) is 2.15. The van der Waals surface area contributed by atoms with E-state index in [9.17, 15) is 0 Å². The number of unbranched alkanes of at least 4 members (excludes halogenated alkanes) is 1. The van der Waals surface area contributed by atoms with E-state index >= 15 is 0 Å². The summed E-state index contributed by atoms with van der Waals surface area (Å²) in [5.74, 6) is 1.00. The van der Waals surface area contributed by atoms with Crippen LogP contribution in [0, 0.1) is 5.92 Å². The highest BCUT2D eigenvalue weighted by Gasteiger charge is 2.12. The molecule has 0 saturated heterocycles. The van der Waals surface area contributed by atoms with Crippen LogP contribution in [0.1, 0.15) is 58.8 Å². The molecule has 12 heavy (non-hydrogen) atoms. The standard InChI is InChI=1S/C12H22/c1-3-5-7-12-9-6-8-11(4-2)10-12/h9,11H,3-8,10H2,1-2H3. The van der Waals surface area contributed by atoms with Gasteiger partial charge < -0.3 is 0 Å². The molecule has 0 aromatic rings. The lowest BCUT2D eigenvalue weighted by atomic mass is 9.85. The summed E-state index contributed by atoms with van der Waals surface area (Å²) in [5.41, 5.74) is 1.75. The molecule has 0 aromatic carbocycles. The minimum atomic E-state index is 1.00. The Hall–Kier alpha value is -0.260. The van der Waals surface area contributed by atoms with Gasteiger partial charge in [0.15, 0.2) is 0 Å². The van der Waals surface area contributed by atoms with Crippen LogP contribution in [-0.4, -0.2) is 0 Å². The van der Waals surface area contributed by atoms with Gasteiger partial charge in [0, 0.05) is 0 Å². The van der Waals surface area contributed by atoms with Crippen molar-refractivity contribution in [1.82, 2.24) is 0 Å². The van der Waals surface area contributed by atoms with E-state index in [0.29, 0.717) is 0 Å². The number of hydrogen-bond acceptors (Lipinski definition) is 0. The lowest BCUT2D eigenvalue weighted by Crippen LogP contribution is -2.05. The molecule has 0 amide bonds. The third-order valence-electron chi connectivity index (χ3n) is 2.99.